The molecule has 1 aromatic carbocycles. The Kier molecular flexibility index (Phi) is 4.37. The molecule has 3 rings (SSSR count). The summed E-state index contributed by atoms with van der Waals surface area (Å²) in [4.78, 5) is 24.8. The molecule has 1 saturated carbocycles. The number of likely N-dealkylation sites (N-methyl/N-ethyl adjacent to an activating group) is 1. The molecule has 0 saturated heterocycles. The fourth-order valence-corrected chi connectivity index (χ4v) is 3.56. The molecule has 6 heteroatoms. The van der Waals surface area contributed by atoms with E-state index in [9.17, 15) is 14.7 Å². The zero-order valence-corrected chi connectivity index (χ0v) is 13.3. The number of carbonyl (C=O) groups excluding carboxylic acids is 2. The zero-order chi connectivity index (χ0) is 16.6. The van der Waals surface area contributed by atoms with Crippen LogP contribution in [0.25, 0.3) is 0 Å². The van der Waals surface area contributed by atoms with Crippen LogP contribution in [0.15, 0.2) is 12.1 Å². The van der Waals surface area contributed by atoms with E-state index in [1.165, 1.54) is 0 Å². The predicted molar refractivity (Wildman–Crippen MR) is 88.3 cm³/mol. The van der Waals surface area contributed by atoms with Crippen molar-refractivity contribution in [3.05, 3.63) is 23.3 Å². The molecule has 124 valence electrons. The summed E-state index contributed by atoms with van der Waals surface area (Å²) in [6, 6.07) is 3.49. The summed E-state index contributed by atoms with van der Waals surface area (Å²) in [7, 11) is 0. The van der Waals surface area contributed by atoms with Crippen molar-refractivity contribution in [3.8, 4) is 0 Å². The zero-order valence-electron chi connectivity index (χ0n) is 13.3. The van der Waals surface area contributed by atoms with Crippen LogP contribution in [-0.2, 0) is 11.2 Å². The number of nitrogens with two attached hydrogens (primary N) is 1. The summed E-state index contributed by atoms with van der Waals surface area (Å²) in [6.07, 6.45) is 1.36. The average molecular weight is 317 g/mol. The molecule has 0 aromatic heterocycles. The quantitative estimate of drug-likeness (QED) is 0.376. The summed E-state index contributed by atoms with van der Waals surface area (Å²) in [5, 5.41) is 16.7. The highest BCUT2D eigenvalue weighted by molar-refractivity contribution is 6.14. The van der Waals surface area contributed by atoms with Crippen molar-refractivity contribution in [1.82, 2.24) is 5.32 Å². The first kappa shape index (κ1) is 16.0. The maximum Gasteiger partial charge on any atom is 0.178 e. The Labute approximate surface area is 135 Å². The second-order valence-corrected chi connectivity index (χ2v) is 6.28. The predicted octanol–water partition coefficient (Wildman–Crippen LogP) is 1.09. The molecule has 0 spiro atoms. The van der Waals surface area contributed by atoms with E-state index in [0.717, 1.165) is 17.8 Å². The summed E-state index contributed by atoms with van der Waals surface area (Å²) in [5.74, 6) is -1.50. The number of hydrogen-bond donors (Lipinski definition) is 4. The Balaban J connectivity index is 1.89. The Morgan fingerprint density at radius 2 is 2.26 bits per heavy atom. The molecule has 1 aromatic rings. The van der Waals surface area contributed by atoms with Gasteiger partial charge < -0.3 is 16.2 Å². The number of aliphatic hydroxyl groups is 1. The van der Waals surface area contributed by atoms with E-state index in [-0.39, 0.29) is 17.7 Å². The van der Waals surface area contributed by atoms with Crippen LogP contribution in [0.5, 0.6) is 0 Å². The molecule has 1 heterocycles. The molecule has 0 bridgehead atoms. The fourth-order valence-electron chi connectivity index (χ4n) is 3.56. The van der Waals surface area contributed by atoms with Crippen LogP contribution >= 0.6 is 0 Å². The van der Waals surface area contributed by atoms with E-state index in [0.29, 0.717) is 36.9 Å². The monoisotopic (exact) mass is 317 g/mol. The number of nitrogen functional groups attached to an aromatic ring is 1. The SMILES string of the molecule is CCNC1Cc2c(ccc(C(=O)C3C(=O)CCCC3O)c2N)N1. The highest BCUT2D eigenvalue weighted by Gasteiger charge is 2.38. The highest BCUT2D eigenvalue weighted by atomic mass is 16.3. The van der Waals surface area contributed by atoms with E-state index in [2.05, 4.69) is 10.6 Å². The van der Waals surface area contributed by atoms with Crippen LogP contribution in [0.2, 0.25) is 0 Å². The lowest BCUT2D eigenvalue weighted by molar-refractivity contribution is -0.126. The highest BCUT2D eigenvalue weighted by Crippen LogP contribution is 2.35. The minimum atomic E-state index is -0.969. The normalized spacial score (nSPS) is 26.7. The molecular weight excluding hydrogens is 294 g/mol. The summed E-state index contributed by atoms with van der Waals surface area (Å²) in [5.41, 5.74) is 8.80. The van der Waals surface area contributed by atoms with Crippen LogP contribution in [0.1, 0.15) is 42.1 Å². The lowest BCUT2D eigenvalue weighted by atomic mass is 9.80. The lowest BCUT2D eigenvalue weighted by Crippen LogP contribution is -2.38. The lowest BCUT2D eigenvalue weighted by Gasteiger charge is -2.25. The van der Waals surface area contributed by atoms with Gasteiger partial charge in [-0.2, -0.15) is 0 Å². The van der Waals surface area contributed by atoms with Gasteiger partial charge in [-0.25, -0.2) is 0 Å². The van der Waals surface area contributed by atoms with Crippen LogP contribution in [0, 0.1) is 5.92 Å². The number of anilines is 2. The van der Waals surface area contributed by atoms with Crippen molar-refractivity contribution in [2.45, 2.75) is 44.9 Å². The number of aliphatic hydroxyl groups excluding tert-OH is 1. The Morgan fingerprint density at radius 3 is 2.96 bits per heavy atom. The van der Waals surface area contributed by atoms with Gasteiger partial charge in [-0.15, -0.1) is 0 Å². The van der Waals surface area contributed by atoms with Crippen LogP contribution < -0.4 is 16.4 Å². The Hall–Kier alpha value is -1.92. The molecule has 5 N–H and O–H groups in total. The second kappa shape index (κ2) is 6.29. The molecule has 1 aliphatic heterocycles. The molecule has 0 radical (unpaired) electrons. The number of fused-ring (bicyclic) bond motifs is 1. The number of rotatable bonds is 4. The number of Topliss-reactive ketones (excluding diaryl/α,β-unsaturated/α-hetero) is 2. The molecular formula is C17H23N3O3. The van der Waals surface area contributed by atoms with E-state index in [1.807, 2.05) is 13.0 Å². The molecule has 1 fully saturated rings. The van der Waals surface area contributed by atoms with Gasteiger partial charge in [-0.3, -0.25) is 14.9 Å². The summed E-state index contributed by atoms with van der Waals surface area (Å²) >= 11 is 0. The van der Waals surface area contributed by atoms with Crippen molar-refractivity contribution >= 4 is 22.9 Å². The van der Waals surface area contributed by atoms with Crippen molar-refractivity contribution in [2.24, 2.45) is 5.92 Å². The molecule has 3 unspecified atom stereocenters. The van der Waals surface area contributed by atoms with Crippen molar-refractivity contribution in [3.63, 3.8) is 0 Å². The van der Waals surface area contributed by atoms with Gasteiger partial charge in [0.2, 0.25) is 0 Å². The first-order chi connectivity index (χ1) is 11.0. The third-order valence-corrected chi connectivity index (χ3v) is 4.75. The summed E-state index contributed by atoms with van der Waals surface area (Å²) < 4.78 is 0. The van der Waals surface area contributed by atoms with Gasteiger partial charge in [0.1, 0.15) is 11.7 Å². The Bertz CT molecular complexity index is 644. The van der Waals surface area contributed by atoms with Gasteiger partial charge in [0.25, 0.3) is 0 Å². The topological polar surface area (TPSA) is 104 Å². The number of benzene rings is 1. The van der Waals surface area contributed by atoms with Gasteiger partial charge in [-0.1, -0.05) is 6.92 Å². The number of carbonyl (C=O) groups is 2. The molecule has 0 amide bonds. The molecule has 1 aliphatic carbocycles. The fraction of sp³-hybridized carbons (Fsp3) is 0.529. The third-order valence-electron chi connectivity index (χ3n) is 4.75. The maximum atomic E-state index is 12.8. The molecule has 3 atom stereocenters. The second-order valence-electron chi connectivity index (χ2n) is 6.28. The first-order valence-electron chi connectivity index (χ1n) is 8.19. The maximum absolute atomic E-state index is 12.8. The average Bonchev–Trinajstić information content (AvgIpc) is 2.91. The number of ketones is 2. The minimum absolute atomic E-state index is 0.101. The van der Waals surface area contributed by atoms with Gasteiger partial charge in [0.15, 0.2) is 5.78 Å². The summed E-state index contributed by atoms with van der Waals surface area (Å²) in [6.45, 7) is 2.86. The van der Waals surface area contributed by atoms with Crippen molar-refractivity contribution in [1.29, 1.82) is 0 Å². The van der Waals surface area contributed by atoms with Gasteiger partial charge in [-0.05, 0) is 31.5 Å². The molecule has 2 aliphatic rings. The number of hydrogen-bond acceptors (Lipinski definition) is 6. The van der Waals surface area contributed by atoms with Crippen molar-refractivity contribution in [2.75, 3.05) is 17.6 Å². The van der Waals surface area contributed by atoms with Crippen LogP contribution in [-0.4, -0.2) is 35.5 Å². The minimum Gasteiger partial charge on any atom is -0.398 e. The molecule has 6 nitrogen and oxygen atoms in total. The third kappa shape index (κ3) is 2.84. The Morgan fingerprint density at radius 1 is 1.48 bits per heavy atom. The van der Waals surface area contributed by atoms with E-state index < -0.39 is 12.0 Å². The largest absolute Gasteiger partial charge is 0.398 e. The standard InChI is InChI=1S/C17H23N3O3/c1-2-19-14-8-10-11(20-14)7-6-9(16(10)18)17(23)15-12(21)4-3-5-13(15)22/h6-7,12,14-15,19-21H,2-5,8,18H2,1H3. The van der Waals surface area contributed by atoms with Gasteiger partial charge in [0, 0.05) is 35.3 Å². The first-order valence-corrected chi connectivity index (χ1v) is 8.19. The smallest absolute Gasteiger partial charge is 0.178 e. The van der Waals surface area contributed by atoms with E-state index in [1.54, 1.807) is 6.07 Å². The van der Waals surface area contributed by atoms with E-state index in [4.69, 9.17) is 5.73 Å². The van der Waals surface area contributed by atoms with Gasteiger partial charge in [0.05, 0.1) is 12.3 Å². The van der Waals surface area contributed by atoms with Crippen LogP contribution in [0.3, 0.4) is 0 Å². The number of nitrogens with one attached hydrogen (secondary N) is 2. The molecule has 23 heavy (non-hydrogen) atoms. The van der Waals surface area contributed by atoms with Crippen LogP contribution in [0.4, 0.5) is 11.4 Å². The van der Waals surface area contributed by atoms with Crippen molar-refractivity contribution < 1.29 is 14.7 Å². The van der Waals surface area contributed by atoms with E-state index >= 15 is 0 Å². The van der Waals surface area contributed by atoms with Gasteiger partial charge >= 0.3 is 0 Å².